The van der Waals surface area contributed by atoms with Crippen LogP contribution in [-0.4, -0.2) is 25.2 Å². The number of benzene rings is 1. The lowest BCUT2D eigenvalue weighted by atomic mass is 10.2. The molecule has 0 saturated heterocycles. The van der Waals surface area contributed by atoms with Crippen molar-refractivity contribution in [3.8, 4) is 0 Å². The Bertz CT molecular complexity index is 682. The molecular formula is C13H17BrN4O2S. The van der Waals surface area contributed by atoms with Gasteiger partial charge in [0.2, 0.25) is 0 Å². The van der Waals surface area contributed by atoms with Crippen molar-refractivity contribution in [2.24, 2.45) is 0 Å². The predicted octanol–water partition coefficient (Wildman–Crippen LogP) is 1.76. The molecule has 0 spiro atoms. The number of rotatable bonds is 7. The monoisotopic (exact) mass is 372 g/mol. The summed E-state index contributed by atoms with van der Waals surface area (Å²) in [6.45, 7) is 3.41. The Balaban J connectivity index is 2.08. The van der Waals surface area contributed by atoms with E-state index in [2.05, 4.69) is 36.2 Å². The molecule has 8 heteroatoms. The van der Waals surface area contributed by atoms with E-state index in [1.165, 1.54) is 6.20 Å². The molecule has 0 bridgehead atoms. The van der Waals surface area contributed by atoms with E-state index in [4.69, 9.17) is 0 Å². The molecule has 3 N–H and O–H groups in total. The molecule has 114 valence electrons. The SMILES string of the molecule is CCNCc1cn[nH]c1S(=O)(=O)NCc1ccc(Br)cc1. The molecule has 6 nitrogen and oxygen atoms in total. The molecule has 0 aliphatic carbocycles. The summed E-state index contributed by atoms with van der Waals surface area (Å²) in [5.74, 6) is 0. The van der Waals surface area contributed by atoms with E-state index >= 15 is 0 Å². The van der Waals surface area contributed by atoms with Crippen LogP contribution in [0.25, 0.3) is 0 Å². The van der Waals surface area contributed by atoms with Crippen molar-refractivity contribution in [1.29, 1.82) is 0 Å². The average Bonchev–Trinajstić information content (AvgIpc) is 2.94. The van der Waals surface area contributed by atoms with Crippen molar-refractivity contribution in [1.82, 2.24) is 20.2 Å². The molecule has 0 radical (unpaired) electrons. The standard InChI is InChI=1S/C13H17BrN4O2S/c1-2-15-8-11-9-16-18-13(11)21(19,20)17-7-10-3-5-12(14)6-4-10/h3-6,9,15,17H,2,7-8H2,1H3,(H,16,18). The highest BCUT2D eigenvalue weighted by atomic mass is 79.9. The first kappa shape index (κ1) is 16.2. The molecule has 0 aliphatic rings. The van der Waals surface area contributed by atoms with Gasteiger partial charge in [-0.15, -0.1) is 0 Å². The summed E-state index contributed by atoms with van der Waals surface area (Å²) in [7, 11) is -3.61. The molecule has 1 aromatic carbocycles. The predicted molar refractivity (Wildman–Crippen MR) is 84.1 cm³/mol. The van der Waals surface area contributed by atoms with Gasteiger partial charge < -0.3 is 5.32 Å². The van der Waals surface area contributed by atoms with Gasteiger partial charge in [0.25, 0.3) is 10.0 Å². The molecule has 0 unspecified atom stereocenters. The zero-order valence-corrected chi connectivity index (χ0v) is 14.0. The van der Waals surface area contributed by atoms with Crippen LogP contribution in [0.15, 0.2) is 40.0 Å². The van der Waals surface area contributed by atoms with Gasteiger partial charge in [-0.05, 0) is 24.2 Å². The minimum atomic E-state index is -3.61. The summed E-state index contributed by atoms with van der Waals surface area (Å²) in [6.07, 6.45) is 1.52. The molecule has 2 rings (SSSR count). The van der Waals surface area contributed by atoms with E-state index in [0.29, 0.717) is 12.1 Å². The fraction of sp³-hybridized carbons (Fsp3) is 0.308. The molecule has 2 aromatic rings. The highest BCUT2D eigenvalue weighted by Gasteiger charge is 2.20. The third kappa shape index (κ3) is 4.37. The van der Waals surface area contributed by atoms with Crippen LogP contribution in [0.2, 0.25) is 0 Å². The maximum Gasteiger partial charge on any atom is 0.258 e. The second kappa shape index (κ2) is 7.17. The van der Waals surface area contributed by atoms with Crippen LogP contribution in [0.4, 0.5) is 0 Å². The number of halogens is 1. The Morgan fingerprint density at radius 3 is 2.62 bits per heavy atom. The Hall–Kier alpha value is -1.22. The van der Waals surface area contributed by atoms with Crippen LogP contribution in [0.5, 0.6) is 0 Å². The number of H-pyrrole nitrogens is 1. The maximum atomic E-state index is 12.3. The van der Waals surface area contributed by atoms with Gasteiger partial charge in [-0.3, -0.25) is 5.10 Å². The van der Waals surface area contributed by atoms with Crippen molar-refractivity contribution >= 4 is 26.0 Å². The molecule has 0 aliphatic heterocycles. The Kier molecular flexibility index (Phi) is 5.51. The summed E-state index contributed by atoms with van der Waals surface area (Å²) >= 11 is 3.34. The minimum Gasteiger partial charge on any atom is -0.313 e. The van der Waals surface area contributed by atoms with Crippen LogP contribution < -0.4 is 10.0 Å². The van der Waals surface area contributed by atoms with Crippen LogP contribution in [0.3, 0.4) is 0 Å². The minimum absolute atomic E-state index is 0.112. The summed E-state index contributed by atoms with van der Waals surface area (Å²) in [4.78, 5) is 0. The van der Waals surface area contributed by atoms with Gasteiger partial charge in [0, 0.05) is 23.1 Å². The fourth-order valence-corrected chi connectivity index (χ4v) is 3.18. The Morgan fingerprint density at radius 1 is 1.24 bits per heavy atom. The summed E-state index contributed by atoms with van der Waals surface area (Å²) in [5, 5.41) is 9.57. The first-order chi connectivity index (χ1) is 10.0. The summed E-state index contributed by atoms with van der Waals surface area (Å²) in [6, 6.07) is 7.46. The van der Waals surface area contributed by atoms with E-state index in [9.17, 15) is 8.42 Å². The van der Waals surface area contributed by atoms with E-state index in [-0.39, 0.29) is 11.6 Å². The highest BCUT2D eigenvalue weighted by molar-refractivity contribution is 9.10. The molecule has 0 saturated carbocycles. The normalized spacial score (nSPS) is 11.7. The number of aromatic nitrogens is 2. The van der Waals surface area contributed by atoms with Crippen molar-refractivity contribution in [2.75, 3.05) is 6.54 Å². The van der Waals surface area contributed by atoms with E-state index in [1.54, 1.807) is 0 Å². The van der Waals surface area contributed by atoms with Crippen LogP contribution >= 0.6 is 15.9 Å². The number of hydrogen-bond acceptors (Lipinski definition) is 4. The fourth-order valence-electron chi connectivity index (χ4n) is 1.77. The molecule has 0 amide bonds. The molecule has 1 aromatic heterocycles. The number of nitrogens with zero attached hydrogens (tertiary/aromatic N) is 1. The smallest absolute Gasteiger partial charge is 0.258 e. The molecule has 0 fully saturated rings. The van der Waals surface area contributed by atoms with Gasteiger partial charge >= 0.3 is 0 Å². The van der Waals surface area contributed by atoms with Crippen LogP contribution in [0.1, 0.15) is 18.1 Å². The zero-order chi connectivity index (χ0) is 15.3. The van der Waals surface area contributed by atoms with E-state index in [0.717, 1.165) is 16.6 Å². The van der Waals surface area contributed by atoms with Crippen LogP contribution in [-0.2, 0) is 23.1 Å². The quantitative estimate of drug-likeness (QED) is 0.690. The summed E-state index contributed by atoms with van der Waals surface area (Å²) < 4.78 is 28.1. The third-order valence-electron chi connectivity index (χ3n) is 2.89. The van der Waals surface area contributed by atoms with Crippen molar-refractivity contribution in [2.45, 2.75) is 25.0 Å². The molecule has 21 heavy (non-hydrogen) atoms. The number of nitrogens with one attached hydrogen (secondary N) is 3. The van der Waals surface area contributed by atoms with Gasteiger partial charge in [-0.1, -0.05) is 35.0 Å². The first-order valence-electron chi connectivity index (χ1n) is 6.50. The molecule has 0 atom stereocenters. The molecule has 1 heterocycles. The topological polar surface area (TPSA) is 86.9 Å². The average molecular weight is 373 g/mol. The number of hydrogen-bond donors (Lipinski definition) is 3. The number of aromatic amines is 1. The second-order valence-corrected chi connectivity index (χ2v) is 7.08. The van der Waals surface area contributed by atoms with Crippen molar-refractivity contribution < 1.29 is 8.42 Å². The third-order valence-corrected chi connectivity index (χ3v) is 4.84. The highest BCUT2D eigenvalue weighted by Crippen LogP contribution is 2.14. The number of sulfonamides is 1. The van der Waals surface area contributed by atoms with E-state index in [1.807, 2.05) is 31.2 Å². The van der Waals surface area contributed by atoms with Crippen molar-refractivity contribution in [3.63, 3.8) is 0 Å². The van der Waals surface area contributed by atoms with E-state index < -0.39 is 10.0 Å². The first-order valence-corrected chi connectivity index (χ1v) is 8.77. The lowest BCUT2D eigenvalue weighted by Gasteiger charge is -2.07. The maximum absolute atomic E-state index is 12.3. The lowest BCUT2D eigenvalue weighted by Crippen LogP contribution is -2.25. The Morgan fingerprint density at radius 2 is 1.95 bits per heavy atom. The lowest BCUT2D eigenvalue weighted by molar-refractivity contribution is 0.574. The second-order valence-electron chi connectivity index (χ2n) is 4.46. The van der Waals surface area contributed by atoms with Crippen LogP contribution in [0, 0.1) is 0 Å². The van der Waals surface area contributed by atoms with Gasteiger partial charge in [0.05, 0.1) is 6.20 Å². The zero-order valence-electron chi connectivity index (χ0n) is 11.6. The van der Waals surface area contributed by atoms with Gasteiger partial charge in [0.15, 0.2) is 5.03 Å². The van der Waals surface area contributed by atoms with Gasteiger partial charge in [-0.25, -0.2) is 13.1 Å². The molecular weight excluding hydrogens is 356 g/mol. The Labute approximate surface area is 132 Å². The van der Waals surface area contributed by atoms with Crippen molar-refractivity contribution in [3.05, 3.63) is 46.1 Å². The largest absolute Gasteiger partial charge is 0.313 e. The summed E-state index contributed by atoms with van der Waals surface area (Å²) in [5.41, 5.74) is 1.51. The van der Waals surface area contributed by atoms with Gasteiger partial charge in [0.1, 0.15) is 0 Å². The van der Waals surface area contributed by atoms with Gasteiger partial charge in [-0.2, -0.15) is 5.10 Å².